The molecule has 3 aromatic rings. The lowest BCUT2D eigenvalue weighted by atomic mass is 9.98. The monoisotopic (exact) mass is 529 g/mol. The molecule has 0 radical (unpaired) electrons. The van der Waals surface area contributed by atoms with Gasteiger partial charge >= 0.3 is 6.03 Å². The average Bonchev–Trinajstić information content (AvgIpc) is 2.94. The number of rotatable bonds is 7. The fourth-order valence-electron chi connectivity index (χ4n) is 5.31. The first-order chi connectivity index (χ1) is 18.9. The lowest BCUT2D eigenvalue weighted by Crippen LogP contribution is -2.76. The van der Waals surface area contributed by atoms with Gasteiger partial charge in [-0.25, -0.2) is 19.2 Å². The van der Waals surface area contributed by atoms with Crippen molar-refractivity contribution in [3.8, 4) is 0 Å². The van der Waals surface area contributed by atoms with Crippen LogP contribution in [0.15, 0.2) is 84.9 Å². The molecular weight excluding hydrogens is 497 g/mol. The Hall–Kier alpha value is -4.24. The van der Waals surface area contributed by atoms with Crippen LogP contribution in [0.1, 0.15) is 16.7 Å². The number of piperazine rings is 1. The minimum Gasteiger partial charge on any atom is -0.337 e. The van der Waals surface area contributed by atoms with E-state index in [1.807, 2.05) is 60.7 Å². The van der Waals surface area contributed by atoms with Crippen molar-refractivity contribution >= 4 is 17.8 Å². The van der Waals surface area contributed by atoms with Gasteiger partial charge in [0.25, 0.3) is 0 Å². The van der Waals surface area contributed by atoms with Gasteiger partial charge in [-0.05, 0) is 35.2 Å². The Kier molecular flexibility index (Phi) is 7.88. The molecule has 202 valence electrons. The van der Waals surface area contributed by atoms with E-state index in [1.54, 1.807) is 34.0 Å². The third-order valence-corrected chi connectivity index (χ3v) is 7.29. The van der Waals surface area contributed by atoms with Crippen molar-refractivity contribution in [2.45, 2.75) is 31.6 Å². The van der Waals surface area contributed by atoms with E-state index < -0.39 is 12.2 Å². The second-order valence-electron chi connectivity index (χ2n) is 9.95. The van der Waals surface area contributed by atoms with Crippen LogP contribution in [-0.2, 0) is 29.0 Å². The Balaban J connectivity index is 1.41. The smallest absolute Gasteiger partial charge is 0.334 e. The molecule has 2 heterocycles. The van der Waals surface area contributed by atoms with Gasteiger partial charge in [0, 0.05) is 26.6 Å². The van der Waals surface area contributed by atoms with Crippen LogP contribution in [0.25, 0.3) is 0 Å². The first-order valence-electron chi connectivity index (χ1n) is 13.1. The molecule has 3 aromatic carbocycles. The minimum atomic E-state index is -0.726. The predicted molar refractivity (Wildman–Crippen MR) is 144 cm³/mol. The molecule has 39 heavy (non-hydrogen) atoms. The number of hydrogen-bond acceptors (Lipinski definition) is 4. The third-order valence-electron chi connectivity index (χ3n) is 7.29. The summed E-state index contributed by atoms with van der Waals surface area (Å²) in [7, 11) is 1.70. The lowest BCUT2D eigenvalue weighted by Gasteiger charge is -2.54. The highest BCUT2D eigenvalue weighted by molar-refractivity contribution is 5.91. The maximum atomic E-state index is 13.8. The van der Waals surface area contributed by atoms with Gasteiger partial charge in [0.15, 0.2) is 0 Å². The fourth-order valence-corrected chi connectivity index (χ4v) is 5.31. The molecule has 0 saturated carbocycles. The molecule has 4 amide bonds. The molecule has 5 rings (SSSR count). The molecule has 9 heteroatoms. The Labute approximate surface area is 227 Å². The van der Waals surface area contributed by atoms with Crippen molar-refractivity contribution in [2.75, 3.05) is 26.7 Å². The number of amides is 4. The molecule has 0 aromatic heterocycles. The molecular formula is C30H32FN5O3. The van der Waals surface area contributed by atoms with E-state index in [0.717, 1.165) is 16.7 Å². The summed E-state index contributed by atoms with van der Waals surface area (Å²) in [6.07, 6.45) is 0.364. The minimum absolute atomic E-state index is 0.0247. The van der Waals surface area contributed by atoms with Gasteiger partial charge in [0.2, 0.25) is 11.8 Å². The average molecular weight is 530 g/mol. The van der Waals surface area contributed by atoms with Crippen LogP contribution >= 0.6 is 0 Å². The number of likely N-dealkylation sites (N-methyl/N-ethyl adjacent to an activating group) is 1. The molecule has 1 N–H and O–H groups in total. The third kappa shape index (κ3) is 5.93. The number of hydrogen-bond donors (Lipinski definition) is 1. The Morgan fingerprint density at radius 1 is 0.897 bits per heavy atom. The van der Waals surface area contributed by atoms with Gasteiger partial charge in [-0.1, -0.05) is 72.8 Å². The van der Waals surface area contributed by atoms with Crippen molar-refractivity contribution in [3.63, 3.8) is 0 Å². The number of nitrogens with zero attached hydrogens (tertiary/aromatic N) is 4. The van der Waals surface area contributed by atoms with E-state index in [-0.39, 0.29) is 43.3 Å². The number of fused-ring (bicyclic) bond motifs is 1. The number of nitrogens with one attached hydrogen (secondary N) is 1. The number of urea groups is 1. The van der Waals surface area contributed by atoms with Crippen molar-refractivity contribution < 1.29 is 18.8 Å². The topological polar surface area (TPSA) is 76.2 Å². The molecule has 2 saturated heterocycles. The molecule has 2 fully saturated rings. The number of carbonyl (C=O) groups excluding carboxylic acids is 3. The summed E-state index contributed by atoms with van der Waals surface area (Å²) >= 11 is 0. The molecule has 0 unspecified atom stereocenters. The fraction of sp³-hybridized carbons (Fsp3) is 0.300. The Morgan fingerprint density at radius 2 is 1.54 bits per heavy atom. The number of halogens is 1. The molecule has 2 atom stereocenters. The van der Waals surface area contributed by atoms with E-state index in [2.05, 4.69) is 5.32 Å². The zero-order valence-electron chi connectivity index (χ0n) is 21.9. The van der Waals surface area contributed by atoms with Crippen molar-refractivity contribution in [1.82, 2.24) is 25.1 Å². The second-order valence-corrected chi connectivity index (χ2v) is 9.95. The van der Waals surface area contributed by atoms with Crippen LogP contribution in [0.3, 0.4) is 0 Å². The van der Waals surface area contributed by atoms with Crippen LogP contribution in [0.2, 0.25) is 0 Å². The first kappa shape index (κ1) is 26.4. The van der Waals surface area contributed by atoms with Crippen molar-refractivity contribution in [3.05, 3.63) is 107 Å². The SMILES string of the molecule is CN1CC(=O)N2[C@@H](Cc3ccccc3)C(=O)N(CCc3ccccc3)C[C@@H]2N1C(=O)NCc1ccc(F)cc1. The number of hydrazine groups is 1. The molecule has 2 aliphatic heterocycles. The van der Waals surface area contributed by atoms with Gasteiger partial charge in [0.1, 0.15) is 18.0 Å². The van der Waals surface area contributed by atoms with E-state index in [1.165, 1.54) is 17.1 Å². The zero-order valence-corrected chi connectivity index (χ0v) is 21.9. The van der Waals surface area contributed by atoms with Gasteiger partial charge in [-0.2, -0.15) is 0 Å². The zero-order chi connectivity index (χ0) is 27.4. The van der Waals surface area contributed by atoms with E-state index >= 15 is 0 Å². The standard InChI is InChI=1S/C30H32FN5O3/c1-33-21-28(37)35-26(18-23-10-6-3-7-11-23)29(38)34(17-16-22-8-4-2-5-9-22)20-27(35)36(33)30(39)32-19-24-12-14-25(31)15-13-24/h2-15,26-27H,16-21H2,1H3,(H,32,39)/t26-,27-/m0/s1. The first-order valence-corrected chi connectivity index (χ1v) is 13.1. The van der Waals surface area contributed by atoms with E-state index in [4.69, 9.17) is 0 Å². The summed E-state index contributed by atoms with van der Waals surface area (Å²) in [5, 5.41) is 6.03. The van der Waals surface area contributed by atoms with Crippen LogP contribution in [0.4, 0.5) is 9.18 Å². The van der Waals surface area contributed by atoms with Gasteiger partial charge in [-0.3, -0.25) is 9.59 Å². The summed E-state index contributed by atoms with van der Waals surface area (Å²) in [5.74, 6) is -0.653. The van der Waals surface area contributed by atoms with E-state index in [9.17, 15) is 18.8 Å². The Morgan fingerprint density at radius 3 is 2.21 bits per heavy atom. The quantitative estimate of drug-likeness (QED) is 0.511. The molecule has 0 bridgehead atoms. The van der Waals surface area contributed by atoms with Crippen molar-refractivity contribution in [1.29, 1.82) is 0 Å². The van der Waals surface area contributed by atoms with Gasteiger partial charge < -0.3 is 15.1 Å². The van der Waals surface area contributed by atoms with E-state index in [0.29, 0.717) is 19.4 Å². The Bertz CT molecular complexity index is 1310. The highest BCUT2D eigenvalue weighted by Gasteiger charge is 2.50. The lowest BCUT2D eigenvalue weighted by molar-refractivity contribution is -0.186. The summed E-state index contributed by atoms with van der Waals surface area (Å²) in [5.41, 5.74) is 2.80. The highest BCUT2D eigenvalue weighted by atomic mass is 19.1. The maximum Gasteiger partial charge on any atom is 0.334 e. The molecule has 8 nitrogen and oxygen atoms in total. The molecule has 2 aliphatic rings. The largest absolute Gasteiger partial charge is 0.337 e. The highest BCUT2D eigenvalue weighted by Crippen LogP contribution is 2.28. The normalized spacial score (nSPS) is 19.7. The summed E-state index contributed by atoms with van der Waals surface area (Å²) in [6.45, 7) is 0.857. The molecule has 0 aliphatic carbocycles. The number of carbonyl (C=O) groups is 3. The summed E-state index contributed by atoms with van der Waals surface area (Å²) in [4.78, 5) is 44.0. The molecule has 0 spiro atoms. The summed E-state index contributed by atoms with van der Waals surface area (Å²) < 4.78 is 13.3. The van der Waals surface area contributed by atoms with Crippen LogP contribution < -0.4 is 5.32 Å². The van der Waals surface area contributed by atoms with Crippen LogP contribution in [-0.4, -0.2) is 76.6 Å². The predicted octanol–water partition coefficient (Wildman–Crippen LogP) is 3.05. The van der Waals surface area contributed by atoms with Crippen LogP contribution in [0, 0.1) is 5.82 Å². The summed E-state index contributed by atoms with van der Waals surface area (Å²) in [6, 6.07) is 24.4. The maximum absolute atomic E-state index is 13.8. The number of benzene rings is 3. The van der Waals surface area contributed by atoms with Crippen molar-refractivity contribution in [2.24, 2.45) is 0 Å². The van der Waals surface area contributed by atoms with Gasteiger partial charge in [-0.15, -0.1) is 0 Å². The van der Waals surface area contributed by atoms with Crippen LogP contribution in [0.5, 0.6) is 0 Å². The second kappa shape index (κ2) is 11.7. The van der Waals surface area contributed by atoms with Gasteiger partial charge in [0.05, 0.1) is 13.1 Å².